The average Bonchev–Trinajstić information content (AvgIpc) is 2.56. The van der Waals surface area contributed by atoms with Crippen LogP contribution in [0, 0.1) is 0 Å². The zero-order valence-electron chi connectivity index (χ0n) is 13.1. The molecule has 3 rings (SSSR count). The van der Waals surface area contributed by atoms with Crippen molar-refractivity contribution in [3.8, 4) is 0 Å². The molecule has 3 aromatic rings. The van der Waals surface area contributed by atoms with Crippen molar-refractivity contribution >= 4 is 32.5 Å². The predicted molar refractivity (Wildman–Crippen MR) is 95.3 cm³/mol. The molecule has 130 valence electrons. The maximum absolute atomic E-state index is 12.7. The molecule has 0 saturated carbocycles. The molecule has 0 aliphatic rings. The highest BCUT2D eigenvalue weighted by Crippen LogP contribution is 2.20. The van der Waals surface area contributed by atoms with Gasteiger partial charge in [-0.25, -0.2) is 13.2 Å². The highest BCUT2D eigenvalue weighted by molar-refractivity contribution is 7.89. The third-order valence-electron chi connectivity index (χ3n) is 3.74. The van der Waals surface area contributed by atoms with Gasteiger partial charge in [0.25, 0.3) is 5.56 Å². The molecular weight excluding hydrogens is 366 g/mol. The van der Waals surface area contributed by atoms with E-state index in [4.69, 9.17) is 11.6 Å². The minimum absolute atomic E-state index is 0.0333. The average molecular weight is 380 g/mol. The number of H-pyrrole nitrogens is 2. The van der Waals surface area contributed by atoms with Crippen LogP contribution in [0.1, 0.15) is 5.56 Å². The number of sulfonamides is 1. The number of hydrogen-bond donors (Lipinski definition) is 2. The Kier molecular flexibility index (Phi) is 4.51. The van der Waals surface area contributed by atoms with Crippen LogP contribution < -0.4 is 11.2 Å². The topological polar surface area (TPSA) is 103 Å². The van der Waals surface area contributed by atoms with Crippen molar-refractivity contribution in [1.82, 2.24) is 14.3 Å². The summed E-state index contributed by atoms with van der Waals surface area (Å²) in [6.45, 7) is 0.152. The summed E-state index contributed by atoms with van der Waals surface area (Å²) in [5.41, 5.74) is -0.240. The highest BCUT2D eigenvalue weighted by Gasteiger charge is 2.21. The fraction of sp³-hybridized carbons (Fsp3) is 0.125. The van der Waals surface area contributed by atoms with Gasteiger partial charge in [-0.05, 0) is 35.9 Å². The molecule has 0 aliphatic carbocycles. The van der Waals surface area contributed by atoms with Crippen LogP contribution in [0.25, 0.3) is 10.9 Å². The van der Waals surface area contributed by atoms with E-state index in [9.17, 15) is 18.0 Å². The first kappa shape index (κ1) is 17.4. The van der Waals surface area contributed by atoms with Crippen LogP contribution in [0.3, 0.4) is 0 Å². The van der Waals surface area contributed by atoms with Crippen LogP contribution in [-0.4, -0.2) is 29.7 Å². The van der Waals surface area contributed by atoms with Crippen LogP contribution in [0.5, 0.6) is 0 Å². The largest absolute Gasteiger partial charge is 0.326 e. The SMILES string of the molecule is CN(Cc1ccc(Cl)cc1)S(=O)(=O)c1ccc2[nH]c(=O)[nH]c(=O)c2c1. The second kappa shape index (κ2) is 6.47. The van der Waals surface area contributed by atoms with E-state index >= 15 is 0 Å². The molecule has 0 saturated heterocycles. The highest BCUT2D eigenvalue weighted by atomic mass is 35.5. The third-order valence-corrected chi connectivity index (χ3v) is 5.79. The van der Waals surface area contributed by atoms with Gasteiger partial charge in [-0.2, -0.15) is 4.31 Å². The van der Waals surface area contributed by atoms with Gasteiger partial charge < -0.3 is 4.98 Å². The van der Waals surface area contributed by atoms with Crippen molar-refractivity contribution in [3.63, 3.8) is 0 Å². The summed E-state index contributed by atoms with van der Waals surface area (Å²) >= 11 is 5.83. The van der Waals surface area contributed by atoms with E-state index in [2.05, 4.69) is 9.97 Å². The van der Waals surface area contributed by atoms with Gasteiger partial charge in [-0.15, -0.1) is 0 Å². The van der Waals surface area contributed by atoms with E-state index in [1.807, 2.05) is 0 Å². The zero-order valence-corrected chi connectivity index (χ0v) is 14.7. The minimum atomic E-state index is -3.81. The zero-order chi connectivity index (χ0) is 18.2. The molecule has 1 heterocycles. The van der Waals surface area contributed by atoms with E-state index in [-0.39, 0.29) is 22.3 Å². The molecule has 0 fully saturated rings. The maximum Gasteiger partial charge on any atom is 0.326 e. The van der Waals surface area contributed by atoms with E-state index in [1.54, 1.807) is 24.3 Å². The first-order valence-corrected chi connectivity index (χ1v) is 9.06. The Balaban J connectivity index is 1.98. The number of nitrogens with one attached hydrogen (secondary N) is 2. The molecule has 25 heavy (non-hydrogen) atoms. The Morgan fingerprint density at radius 1 is 1.04 bits per heavy atom. The molecular formula is C16H14ClN3O4S. The lowest BCUT2D eigenvalue weighted by molar-refractivity contribution is 0.467. The van der Waals surface area contributed by atoms with Gasteiger partial charge in [0.2, 0.25) is 10.0 Å². The Bertz CT molecular complexity index is 1150. The smallest absolute Gasteiger partial charge is 0.307 e. The van der Waals surface area contributed by atoms with Gasteiger partial charge in [-0.1, -0.05) is 23.7 Å². The van der Waals surface area contributed by atoms with Gasteiger partial charge in [0.05, 0.1) is 15.8 Å². The number of fused-ring (bicyclic) bond motifs is 1. The van der Waals surface area contributed by atoms with Crippen LogP contribution in [-0.2, 0) is 16.6 Å². The second-order valence-electron chi connectivity index (χ2n) is 5.50. The van der Waals surface area contributed by atoms with Gasteiger partial charge in [-0.3, -0.25) is 9.78 Å². The Labute approximate surface area is 147 Å². The summed E-state index contributed by atoms with van der Waals surface area (Å²) in [6, 6.07) is 10.8. The van der Waals surface area contributed by atoms with Gasteiger partial charge >= 0.3 is 5.69 Å². The second-order valence-corrected chi connectivity index (χ2v) is 7.98. The number of halogens is 1. The Morgan fingerprint density at radius 2 is 1.72 bits per heavy atom. The molecule has 2 N–H and O–H groups in total. The van der Waals surface area contributed by atoms with E-state index < -0.39 is 21.3 Å². The summed E-state index contributed by atoms with van der Waals surface area (Å²) in [5, 5.41) is 0.664. The summed E-state index contributed by atoms with van der Waals surface area (Å²) in [4.78, 5) is 27.6. The number of benzene rings is 2. The van der Waals surface area contributed by atoms with E-state index in [1.165, 1.54) is 29.6 Å². The lowest BCUT2D eigenvalue weighted by atomic mass is 10.2. The number of hydrogen-bond acceptors (Lipinski definition) is 4. The predicted octanol–water partition coefficient (Wildman–Crippen LogP) is 1.69. The fourth-order valence-corrected chi connectivity index (χ4v) is 3.73. The molecule has 0 radical (unpaired) electrons. The molecule has 0 amide bonds. The molecule has 7 nitrogen and oxygen atoms in total. The van der Waals surface area contributed by atoms with E-state index in [0.29, 0.717) is 5.02 Å². The van der Waals surface area contributed by atoms with Crippen LogP contribution >= 0.6 is 11.6 Å². The Hall–Kier alpha value is -2.42. The quantitative estimate of drug-likeness (QED) is 0.719. The van der Waals surface area contributed by atoms with Crippen molar-refractivity contribution in [3.05, 3.63) is 73.9 Å². The molecule has 2 aromatic carbocycles. The monoisotopic (exact) mass is 379 g/mol. The summed E-state index contributed by atoms with van der Waals surface area (Å²) in [5.74, 6) is 0. The van der Waals surface area contributed by atoms with Gasteiger partial charge in [0.1, 0.15) is 0 Å². The molecule has 0 bridgehead atoms. The molecule has 9 heteroatoms. The normalized spacial score (nSPS) is 12.0. The third kappa shape index (κ3) is 3.51. The van der Waals surface area contributed by atoms with Crippen LogP contribution in [0.4, 0.5) is 0 Å². The maximum atomic E-state index is 12.7. The van der Waals surface area contributed by atoms with Gasteiger partial charge in [0, 0.05) is 18.6 Å². The number of aromatic amines is 2. The van der Waals surface area contributed by atoms with E-state index in [0.717, 1.165) is 5.56 Å². The lowest BCUT2D eigenvalue weighted by Gasteiger charge is -2.17. The minimum Gasteiger partial charge on any atom is -0.307 e. The summed E-state index contributed by atoms with van der Waals surface area (Å²) in [6.07, 6.45) is 0. The molecule has 0 atom stereocenters. The molecule has 0 aliphatic heterocycles. The first-order chi connectivity index (χ1) is 11.8. The van der Waals surface area contributed by atoms with Crippen molar-refractivity contribution in [2.24, 2.45) is 0 Å². The van der Waals surface area contributed by atoms with Gasteiger partial charge in [0.15, 0.2) is 0 Å². The number of aromatic nitrogens is 2. The summed E-state index contributed by atoms with van der Waals surface area (Å²) in [7, 11) is -2.36. The molecule has 0 unspecified atom stereocenters. The van der Waals surface area contributed by atoms with Crippen molar-refractivity contribution in [2.75, 3.05) is 7.05 Å². The Morgan fingerprint density at radius 3 is 2.40 bits per heavy atom. The van der Waals surface area contributed by atoms with Crippen LogP contribution in [0.2, 0.25) is 5.02 Å². The fourth-order valence-electron chi connectivity index (χ4n) is 2.42. The van der Waals surface area contributed by atoms with Crippen molar-refractivity contribution in [1.29, 1.82) is 0 Å². The van der Waals surface area contributed by atoms with Crippen LogP contribution in [0.15, 0.2) is 56.9 Å². The standard InChI is InChI=1S/C16H14ClN3O4S/c1-20(9-10-2-4-11(17)5-3-10)25(23,24)12-6-7-14-13(8-12)15(21)19-16(22)18-14/h2-8H,9H2,1H3,(H2,18,19,21,22). The first-order valence-electron chi connectivity index (χ1n) is 7.24. The summed E-state index contributed by atoms with van der Waals surface area (Å²) < 4.78 is 26.7. The van der Waals surface area contributed by atoms with Crippen molar-refractivity contribution in [2.45, 2.75) is 11.4 Å². The molecule has 1 aromatic heterocycles. The number of nitrogens with zero attached hydrogens (tertiary/aromatic N) is 1. The van der Waals surface area contributed by atoms with Crippen molar-refractivity contribution < 1.29 is 8.42 Å². The number of rotatable bonds is 4. The molecule has 0 spiro atoms. The lowest BCUT2D eigenvalue weighted by Crippen LogP contribution is -2.27.